The molecule has 19 nitrogen and oxygen atoms in total. The summed E-state index contributed by atoms with van der Waals surface area (Å²) in [5.74, 6) is 0.585. The molecule has 2 aromatic heterocycles. The summed E-state index contributed by atoms with van der Waals surface area (Å²) in [6.07, 6.45) is -3.65. The molecule has 0 fully saturated rings. The minimum absolute atomic E-state index is 0.0235. The Bertz CT molecular complexity index is 2040. The van der Waals surface area contributed by atoms with Crippen LogP contribution >= 0.6 is 0 Å². The van der Waals surface area contributed by atoms with Crippen molar-refractivity contribution in [1.29, 1.82) is 0 Å². The van der Waals surface area contributed by atoms with Gasteiger partial charge in [-0.3, -0.25) is 0 Å². The average molecular weight is 733 g/mol. The van der Waals surface area contributed by atoms with Gasteiger partial charge in [0.05, 0.1) is 23.2 Å². The predicted octanol–water partition coefficient (Wildman–Crippen LogP) is 5.49. The molecule has 278 valence electrons. The first-order valence-corrected chi connectivity index (χ1v) is 16.6. The molecule has 2 heterocycles. The van der Waals surface area contributed by atoms with Gasteiger partial charge >= 0.3 is 12.1 Å². The fourth-order valence-corrected chi connectivity index (χ4v) is 5.71. The highest BCUT2D eigenvalue weighted by Gasteiger charge is 2.26. The molecule has 0 radical (unpaired) electrons. The Balaban J connectivity index is 1.24. The summed E-state index contributed by atoms with van der Waals surface area (Å²) in [4.78, 5) is 60.7. The zero-order chi connectivity index (χ0) is 37.9. The number of benzene rings is 3. The van der Waals surface area contributed by atoms with Gasteiger partial charge in [0.15, 0.2) is 5.82 Å². The van der Waals surface area contributed by atoms with Gasteiger partial charge in [-0.2, -0.15) is 0 Å². The molecule has 0 bridgehead atoms. The van der Waals surface area contributed by atoms with Gasteiger partial charge in [0.1, 0.15) is 18.0 Å². The normalized spacial score (nSPS) is 12.7. The minimum atomic E-state index is -1.35. The Morgan fingerprint density at radius 3 is 2.34 bits per heavy atom. The molecule has 1 N–H and O–H groups in total. The number of aryl methyl sites for hydroxylation is 1. The lowest BCUT2D eigenvalue weighted by Gasteiger charge is -2.20. The molecule has 3 atom stereocenters. The van der Waals surface area contributed by atoms with Gasteiger partial charge in [0, 0.05) is 25.5 Å². The van der Waals surface area contributed by atoms with Crippen LogP contribution in [0.1, 0.15) is 61.8 Å². The first-order chi connectivity index (χ1) is 25.5. The highest BCUT2D eigenvalue weighted by molar-refractivity contribution is 6.02. The van der Waals surface area contributed by atoms with Crippen LogP contribution in [0.5, 0.6) is 0 Å². The van der Waals surface area contributed by atoms with E-state index in [2.05, 4.69) is 30.3 Å². The number of aromatic nitrogens is 6. The maximum absolute atomic E-state index is 13.5. The first-order valence-electron chi connectivity index (χ1n) is 16.6. The van der Waals surface area contributed by atoms with Crippen molar-refractivity contribution in [2.75, 3.05) is 6.61 Å². The molecular weight excluding hydrogens is 696 g/mol. The SMILES string of the molecule is CCCc1nc2cccc(C(=O)OC(C)OC(=O)OCCC[C@@H](O[N+](=O)[O-])[C@@H](C)O[N+](=O)[O-])c2n1Cc1ccc(-c2ccccc2-c2nnn[nH]2)cc1. The van der Waals surface area contributed by atoms with Crippen molar-refractivity contribution in [3.63, 3.8) is 0 Å². The van der Waals surface area contributed by atoms with Crippen molar-refractivity contribution in [1.82, 2.24) is 30.2 Å². The first kappa shape index (κ1) is 37.6. The van der Waals surface area contributed by atoms with Crippen molar-refractivity contribution < 1.29 is 43.6 Å². The quantitative estimate of drug-likeness (QED) is 0.0385. The second kappa shape index (κ2) is 17.5. The topological polar surface area (TPSA) is 239 Å². The van der Waals surface area contributed by atoms with Crippen LogP contribution in [0.2, 0.25) is 0 Å². The van der Waals surface area contributed by atoms with Gasteiger partial charge in [-0.15, -0.1) is 25.3 Å². The van der Waals surface area contributed by atoms with Crippen LogP contribution in [-0.2, 0) is 36.9 Å². The number of H-pyrrole nitrogens is 1. The summed E-state index contributed by atoms with van der Waals surface area (Å²) in [6, 6.07) is 20.9. The molecular formula is C34H36N8O11. The number of rotatable bonds is 18. The molecule has 0 amide bonds. The van der Waals surface area contributed by atoms with Gasteiger partial charge in [0.25, 0.3) is 10.2 Å². The van der Waals surface area contributed by atoms with Gasteiger partial charge in [-0.25, -0.2) is 19.7 Å². The Kier molecular flexibility index (Phi) is 12.4. The maximum Gasteiger partial charge on any atom is 0.511 e. The van der Waals surface area contributed by atoms with Crippen molar-refractivity contribution in [2.45, 2.75) is 71.5 Å². The van der Waals surface area contributed by atoms with Crippen molar-refractivity contribution in [3.05, 3.63) is 104 Å². The van der Waals surface area contributed by atoms with Crippen LogP contribution < -0.4 is 0 Å². The number of para-hydroxylation sites is 1. The Morgan fingerprint density at radius 1 is 0.925 bits per heavy atom. The van der Waals surface area contributed by atoms with E-state index >= 15 is 0 Å². The summed E-state index contributed by atoms with van der Waals surface area (Å²) in [5.41, 5.74) is 5.11. The molecule has 0 saturated heterocycles. The van der Waals surface area contributed by atoms with Gasteiger partial charge in [-0.1, -0.05) is 61.5 Å². The standard InChI is InChI=1S/C34H36N8O11/c1-4-9-30-35-28-13-7-12-27(33(43)50-22(3)51-34(44)49-19-8-14-29(53-42(47)48)21(2)52-41(45)46)31(28)40(30)20-23-15-17-24(18-16-23)25-10-5-6-11-26(25)32-36-38-39-37-32/h5-7,10-13,15-18,21-22,29H,4,8-9,14,19-20H2,1-3H3,(H,36,37,38,39)/t21-,22?,29-/m1/s1. The van der Waals surface area contributed by atoms with Gasteiger partial charge in [0.2, 0.25) is 6.29 Å². The number of hydrogen-bond acceptors (Lipinski definition) is 15. The molecule has 0 aliphatic heterocycles. The second-order valence-corrected chi connectivity index (χ2v) is 11.8. The fraction of sp³-hybridized carbons (Fsp3) is 0.353. The highest BCUT2D eigenvalue weighted by Crippen LogP contribution is 2.30. The second-order valence-electron chi connectivity index (χ2n) is 11.8. The van der Waals surface area contributed by atoms with Crippen LogP contribution in [0.3, 0.4) is 0 Å². The lowest BCUT2D eigenvalue weighted by molar-refractivity contribution is -0.798. The van der Waals surface area contributed by atoms with Crippen LogP contribution in [0.4, 0.5) is 4.79 Å². The van der Waals surface area contributed by atoms with Crippen LogP contribution in [-0.4, -0.2) is 77.6 Å². The van der Waals surface area contributed by atoms with E-state index in [9.17, 15) is 29.8 Å². The van der Waals surface area contributed by atoms with E-state index in [1.807, 2.05) is 66.1 Å². The number of esters is 1. The molecule has 19 heteroatoms. The van der Waals surface area contributed by atoms with E-state index in [0.29, 0.717) is 29.8 Å². The molecule has 3 aromatic carbocycles. The fourth-order valence-electron chi connectivity index (χ4n) is 5.71. The van der Waals surface area contributed by atoms with E-state index in [-0.39, 0.29) is 25.0 Å². The zero-order valence-corrected chi connectivity index (χ0v) is 28.9. The van der Waals surface area contributed by atoms with Gasteiger partial charge in [-0.05, 0) is 65.4 Å². The monoisotopic (exact) mass is 732 g/mol. The van der Waals surface area contributed by atoms with Crippen molar-refractivity contribution in [2.24, 2.45) is 0 Å². The average Bonchev–Trinajstić information content (AvgIpc) is 3.78. The number of carbonyl (C=O) groups excluding carboxylic acids is 2. The minimum Gasteiger partial charge on any atom is -0.434 e. The van der Waals surface area contributed by atoms with E-state index in [1.165, 1.54) is 13.8 Å². The number of hydrogen-bond donors (Lipinski definition) is 1. The molecule has 53 heavy (non-hydrogen) atoms. The number of imidazole rings is 1. The smallest absolute Gasteiger partial charge is 0.434 e. The summed E-state index contributed by atoms with van der Waals surface area (Å²) >= 11 is 0. The van der Waals surface area contributed by atoms with Crippen LogP contribution in [0.25, 0.3) is 33.5 Å². The largest absolute Gasteiger partial charge is 0.511 e. The lowest BCUT2D eigenvalue weighted by atomic mass is 9.98. The van der Waals surface area contributed by atoms with Crippen LogP contribution in [0.15, 0.2) is 66.7 Å². The van der Waals surface area contributed by atoms with Crippen molar-refractivity contribution in [3.8, 4) is 22.5 Å². The number of ether oxygens (including phenoxy) is 3. The molecule has 0 aliphatic rings. The third-order valence-electron chi connectivity index (χ3n) is 8.06. The molecule has 0 spiro atoms. The van der Waals surface area contributed by atoms with Gasteiger partial charge < -0.3 is 28.5 Å². The Morgan fingerprint density at radius 2 is 1.66 bits per heavy atom. The summed E-state index contributed by atoms with van der Waals surface area (Å²) < 4.78 is 17.5. The molecule has 1 unspecified atom stereocenters. The highest BCUT2D eigenvalue weighted by atomic mass is 17.0. The Hall–Kier alpha value is -6.66. The lowest BCUT2D eigenvalue weighted by Crippen LogP contribution is -2.33. The number of aromatic amines is 1. The molecule has 0 saturated carbocycles. The summed E-state index contributed by atoms with van der Waals surface area (Å²) in [5, 5.41) is 33.4. The van der Waals surface area contributed by atoms with E-state index < -0.39 is 40.8 Å². The third-order valence-corrected chi connectivity index (χ3v) is 8.06. The number of carbonyl (C=O) groups is 2. The van der Waals surface area contributed by atoms with Crippen molar-refractivity contribution >= 4 is 23.2 Å². The number of tetrazole rings is 1. The maximum atomic E-state index is 13.5. The molecule has 0 aliphatic carbocycles. The molecule has 5 rings (SSSR count). The summed E-state index contributed by atoms with van der Waals surface area (Å²) in [6.45, 7) is 4.76. The molecule has 5 aromatic rings. The summed E-state index contributed by atoms with van der Waals surface area (Å²) in [7, 11) is 0. The predicted molar refractivity (Wildman–Crippen MR) is 184 cm³/mol. The van der Waals surface area contributed by atoms with E-state index in [0.717, 1.165) is 34.5 Å². The van der Waals surface area contributed by atoms with E-state index in [1.54, 1.807) is 12.1 Å². The Labute approximate surface area is 301 Å². The number of nitrogens with one attached hydrogen (secondary N) is 1. The number of nitrogens with zero attached hydrogens (tertiary/aromatic N) is 7. The van der Waals surface area contributed by atoms with E-state index in [4.69, 9.17) is 19.2 Å². The van der Waals surface area contributed by atoms with Crippen LogP contribution in [0, 0.1) is 20.2 Å². The zero-order valence-electron chi connectivity index (χ0n) is 28.9. The number of fused-ring (bicyclic) bond motifs is 1. The third kappa shape index (κ3) is 9.78.